The highest BCUT2D eigenvalue weighted by atomic mass is 79.9. The van der Waals surface area contributed by atoms with Crippen LogP contribution in [0.15, 0.2) is 28.7 Å². The van der Waals surface area contributed by atoms with Crippen molar-refractivity contribution in [3.63, 3.8) is 0 Å². The number of imide groups is 1. The molecular formula is C14H15BrN2O3. The van der Waals surface area contributed by atoms with Gasteiger partial charge in [0.15, 0.2) is 0 Å². The van der Waals surface area contributed by atoms with Gasteiger partial charge in [0.1, 0.15) is 0 Å². The number of nitrogens with zero attached hydrogens (tertiary/aromatic N) is 2. The number of rotatable bonds is 2. The van der Waals surface area contributed by atoms with E-state index in [9.17, 15) is 9.59 Å². The quantitative estimate of drug-likeness (QED) is 0.765. The Morgan fingerprint density at radius 2 is 1.75 bits per heavy atom. The van der Waals surface area contributed by atoms with E-state index in [0.29, 0.717) is 32.0 Å². The number of hydrogen-bond acceptors (Lipinski definition) is 4. The van der Waals surface area contributed by atoms with Crippen LogP contribution in [-0.4, -0.2) is 49.1 Å². The van der Waals surface area contributed by atoms with Gasteiger partial charge in [0, 0.05) is 17.6 Å². The van der Waals surface area contributed by atoms with E-state index in [4.69, 9.17) is 4.74 Å². The van der Waals surface area contributed by atoms with Crippen molar-refractivity contribution in [3.05, 3.63) is 28.7 Å². The largest absolute Gasteiger partial charge is 0.379 e. The van der Waals surface area contributed by atoms with Crippen molar-refractivity contribution in [2.75, 3.05) is 31.2 Å². The van der Waals surface area contributed by atoms with Crippen LogP contribution < -0.4 is 4.90 Å². The van der Waals surface area contributed by atoms with E-state index < -0.39 is 0 Å². The van der Waals surface area contributed by atoms with E-state index in [-0.39, 0.29) is 24.3 Å². The van der Waals surface area contributed by atoms with Crippen molar-refractivity contribution in [1.82, 2.24) is 4.90 Å². The van der Waals surface area contributed by atoms with E-state index in [1.165, 1.54) is 4.90 Å². The predicted octanol–water partition coefficient (Wildman–Crippen LogP) is 1.41. The summed E-state index contributed by atoms with van der Waals surface area (Å²) < 4.78 is 6.21. The summed E-state index contributed by atoms with van der Waals surface area (Å²) in [5, 5.41) is 0. The molecule has 0 aromatic heterocycles. The van der Waals surface area contributed by atoms with Gasteiger partial charge in [0.25, 0.3) is 5.91 Å². The third-order valence-corrected chi connectivity index (χ3v) is 4.22. The molecule has 1 aromatic carbocycles. The molecule has 2 fully saturated rings. The van der Waals surface area contributed by atoms with E-state index in [2.05, 4.69) is 15.9 Å². The SMILES string of the molecule is O=C1CC(N2CCOCC2)C(=O)N1c1ccc(Br)cc1. The fourth-order valence-electron chi connectivity index (χ4n) is 2.65. The molecule has 20 heavy (non-hydrogen) atoms. The molecule has 5 nitrogen and oxygen atoms in total. The summed E-state index contributed by atoms with van der Waals surface area (Å²) in [4.78, 5) is 28.0. The lowest BCUT2D eigenvalue weighted by Gasteiger charge is -2.30. The number of benzene rings is 1. The molecule has 1 atom stereocenters. The Balaban J connectivity index is 1.81. The zero-order chi connectivity index (χ0) is 14.1. The van der Waals surface area contributed by atoms with Crippen LogP contribution >= 0.6 is 15.9 Å². The predicted molar refractivity (Wildman–Crippen MR) is 77.4 cm³/mol. The summed E-state index contributed by atoms with van der Waals surface area (Å²) in [6.07, 6.45) is 0.259. The van der Waals surface area contributed by atoms with Gasteiger partial charge in [-0.25, -0.2) is 4.90 Å². The third kappa shape index (κ3) is 2.51. The number of carbonyl (C=O) groups excluding carboxylic acids is 2. The standard InChI is InChI=1S/C14H15BrN2O3/c15-10-1-3-11(4-2-10)17-13(18)9-12(14(17)19)16-5-7-20-8-6-16/h1-4,12H,5-9H2. The maximum absolute atomic E-state index is 12.5. The molecule has 106 valence electrons. The first-order chi connectivity index (χ1) is 9.66. The molecule has 3 rings (SSSR count). The molecule has 0 spiro atoms. The average Bonchev–Trinajstić information content (AvgIpc) is 2.76. The molecule has 2 aliphatic rings. The van der Waals surface area contributed by atoms with Crippen molar-refractivity contribution < 1.29 is 14.3 Å². The second-order valence-electron chi connectivity index (χ2n) is 4.91. The number of ether oxygens (including phenoxy) is 1. The summed E-state index contributed by atoms with van der Waals surface area (Å²) in [7, 11) is 0. The maximum Gasteiger partial charge on any atom is 0.251 e. The lowest BCUT2D eigenvalue weighted by molar-refractivity contribution is -0.123. The minimum atomic E-state index is -0.338. The first-order valence-corrected chi connectivity index (χ1v) is 7.40. The van der Waals surface area contributed by atoms with Crippen LogP contribution in [0.1, 0.15) is 6.42 Å². The lowest BCUT2D eigenvalue weighted by atomic mass is 10.2. The maximum atomic E-state index is 12.5. The molecule has 2 aliphatic heterocycles. The first-order valence-electron chi connectivity index (χ1n) is 6.61. The van der Waals surface area contributed by atoms with Gasteiger partial charge >= 0.3 is 0 Å². The normalized spacial score (nSPS) is 24.4. The summed E-state index contributed by atoms with van der Waals surface area (Å²) in [5.41, 5.74) is 0.638. The van der Waals surface area contributed by atoms with Gasteiger partial charge in [-0.1, -0.05) is 15.9 Å². The smallest absolute Gasteiger partial charge is 0.251 e. The summed E-state index contributed by atoms with van der Waals surface area (Å²) in [6.45, 7) is 2.65. The van der Waals surface area contributed by atoms with Crippen LogP contribution in [-0.2, 0) is 14.3 Å². The molecule has 1 unspecified atom stereocenters. The second-order valence-corrected chi connectivity index (χ2v) is 5.83. The molecule has 0 N–H and O–H groups in total. The van der Waals surface area contributed by atoms with E-state index >= 15 is 0 Å². The minimum absolute atomic E-state index is 0.126. The van der Waals surface area contributed by atoms with Crippen LogP contribution in [0.5, 0.6) is 0 Å². The Bertz CT molecular complexity index is 526. The Morgan fingerprint density at radius 3 is 2.40 bits per heavy atom. The zero-order valence-corrected chi connectivity index (χ0v) is 12.5. The summed E-state index contributed by atoms with van der Waals surface area (Å²) in [6, 6.07) is 6.88. The van der Waals surface area contributed by atoms with Crippen LogP contribution in [0.25, 0.3) is 0 Å². The highest BCUT2D eigenvalue weighted by Gasteiger charge is 2.42. The van der Waals surface area contributed by atoms with Gasteiger partial charge < -0.3 is 4.74 Å². The minimum Gasteiger partial charge on any atom is -0.379 e. The van der Waals surface area contributed by atoms with Gasteiger partial charge in [-0.05, 0) is 24.3 Å². The highest BCUT2D eigenvalue weighted by molar-refractivity contribution is 9.10. The van der Waals surface area contributed by atoms with Crippen LogP contribution in [0, 0.1) is 0 Å². The number of amides is 2. The lowest BCUT2D eigenvalue weighted by Crippen LogP contribution is -2.47. The molecule has 0 bridgehead atoms. The molecule has 0 radical (unpaired) electrons. The van der Waals surface area contributed by atoms with E-state index in [0.717, 1.165) is 4.47 Å². The number of morpholine rings is 1. The summed E-state index contributed by atoms with van der Waals surface area (Å²) in [5.74, 6) is -0.256. The first kappa shape index (κ1) is 13.7. The van der Waals surface area contributed by atoms with Crippen LogP contribution in [0.3, 0.4) is 0 Å². The molecule has 2 amide bonds. The number of carbonyl (C=O) groups is 2. The number of anilines is 1. The van der Waals surface area contributed by atoms with Crippen LogP contribution in [0.2, 0.25) is 0 Å². The van der Waals surface area contributed by atoms with E-state index in [1.807, 2.05) is 17.0 Å². The molecule has 2 heterocycles. The topological polar surface area (TPSA) is 49.9 Å². The van der Waals surface area contributed by atoms with Crippen molar-refractivity contribution >= 4 is 33.4 Å². The van der Waals surface area contributed by atoms with Crippen molar-refractivity contribution in [3.8, 4) is 0 Å². The third-order valence-electron chi connectivity index (χ3n) is 3.69. The Hall–Kier alpha value is -1.24. The average molecular weight is 339 g/mol. The number of hydrogen-bond donors (Lipinski definition) is 0. The highest BCUT2D eigenvalue weighted by Crippen LogP contribution is 2.27. The van der Waals surface area contributed by atoms with Crippen molar-refractivity contribution in [2.24, 2.45) is 0 Å². The monoisotopic (exact) mass is 338 g/mol. The number of halogens is 1. The Labute approximate surface area is 125 Å². The molecule has 6 heteroatoms. The molecule has 1 aromatic rings. The van der Waals surface area contributed by atoms with Crippen LogP contribution in [0.4, 0.5) is 5.69 Å². The van der Waals surface area contributed by atoms with Crippen molar-refractivity contribution in [1.29, 1.82) is 0 Å². The van der Waals surface area contributed by atoms with Gasteiger partial charge in [-0.3, -0.25) is 14.5 Å². The fourth-order valence-corrected chi connectivity index (χ4v) is 2.92. The van der Waals surface area contributed by atoms with Gasteiger partial charge in [-0.2, -0.15) is 0 Å². The van der Waals surface area contributed by atoms with E-state index in [1.54, 1.807) is 12.1 Å². The Kier molecular flexibility index (Phi) is 3.87. The van der Waals surface area contributed by atoms with Crippen molar-refractivity contribution in [2.45, 2.75) is 12.5 Å². The molecular weight excluding hydrogens is 324 g/mol. The second kappa shape index (κ2) is 5.63. The molecule has 0 saturated carbocycles. The van der Waals surface area contributed by atoms with Gasteiger partial charge in [0.2, 0.25) is 5.91 Å². The molecule has 0 aliphatic carbocycles. The Morgan fingerprint density at radius 1 is 1.10 bits per heavy atom. The fraction of sp³-hybridized carbons (Fsp3) is 0.429. The summed E-state index contributed by atoms with van der Waals surface area (Å²) >= 11 is 3.35. The van der Waals surface area contributed by atoms with Gasteiger partial charge in [-0.15, -0.1) is 0 Å². The molecule has 2 saturated heterocycles. The van der Waals surface area contributed by atoms with Gasteiger partial charge in [0.05, 0.1) is 31.4 Å². The zero-order valence-electron chi connectivity index (χ0n) is 10.9.